The maximum absolute atomic E-state index is 11.3. The van der Waals surface area contributed by atoms with E-state index in [1.165, 1.54) is 12.1 Å². The highest BCUT2D eigenvalue weighted by Gasteiger charge is 2.20. The Morgan fingerprint density at radius 3 is 2.50 bits per heavy atom. The molecule has 0 aliphatic heterocycles. The van der Waals surface area contributed by atoms with Gasteiger partial charge in [0.1, 0.15) is 6.61 Å². The summed E-state index contributed by atoms with van der Waals surface area (Å²) in [5.74, 6) is -0.0133. The van der Waals surface area contributed by atoms with Crippen molar-refractivity contribution in [1.29, 1.82) is 0 Å². The van der Waals surface area contributed by atoms with E-state index in [1.807, 2.05) is 31.2 Å². The summed E-state index contributed by atoms with van der Waals surface area (Å²) in [6.45, 7) is 2.04. The quantitative estimate of drug-likeness (QED) is 0.669. The van der Waals surface area contributed by atoms with Gasteiger partial charge in [-0.3, -0.25) is 10.1 Å². The number of hydrogen-bond donors (Lipinski definition) is 1. The highest BCUT2D eigenvalue weighted by atomic mass is 32.2. The normalized spacial score (nSPS) is 11.2. The number of nitrogens with zero attached hydrogens (tertiary/aromatic N) is 1. The van der Waals surface area contributed by atoms with E-state index < -0.39 is 20.6 Å². The van der Waals surface area contributed by atoms with E-state index in [2.05, 4.69) is 0 Å². The van der Waals surface area contributed by atoms with Gasteiger partial charge in [0.25, 0.3) is 0 Å². The first-order valence-corrected chi connectivity index (χ1v) is 7.82. The van der Waals surface area contributed by atoms with Gasteiger partial charge in [0, 0.05) is 6.07 Å². The van der Waals surface area contributed by atoms with Crippen LogP contribution >= 0.6 is 0 Å². The SMILES string of the molecule is Cc1ccccc1COc1ccc(S(N)(=O)=O)cc1[N+](=O)[O-]. The van der Waals surface area contributed by atoms with Gasteiger partial charge < -0.3 is 4.74 Å². The average Bonchev–Trinajstić information content (AvgIpc) is 2.45. The van der Waals surface area contributed by atoms with Crippen molar-refractivity contribution >= 4 is 15.7 Å². The third kappa shape index (κ3) is 3.60. The number of nitro groups is 1. The zero-order valence-electron chi connectivity index (χ0n) is 11.7. The van der Waals surface area contributed by atoms with Crippen LogP contribution in [0.5, 0.6) is 5.75 Å². The second kappa shape index (κ2) is 6.12. The summed E-state index contributed by atoms with van der Waals surface area (Å²) in [4.78, 5) is 10.0. The number of ether oxygens (including phenoxy) is 1. The highest BCUT2D eigenvalue weighted by Crippen LogP contribution is 2.30. The number of sulfonamides is 1. The van der Waals surface area contributed by atoms with E-state index in [0.717, 1.165) is 17.2 Å². The molecule has 0 aromatic heterocycles. The standard InChI is InChI=1S/C14H14N2O5S/c1-10-4-2-3-5-11(10)9-21-14-7-6-12(22(15,19)20)8-13(14)16(17)18/h2-8H,9H2,1H3,(H2,15,19,20). The van der Waals surface area contributed by atoms with Gasteiger partial charge in [-0.05, 0) is 30.2 Å². The molecule has 2 aromatic carbocycles. The predicted molar refractivity (Wildman–Crippen MR) is 80.0 cm³/mol. The zero-order chi connectivity index (χ0) is 16.3. The lowest BCUT2D eigenvalue weighted by Crippen LogP contribution is -2.12. The largest absolute Gasteiger partial charge is 0.482 e. The fourth-order valence-corrected chi connectivity index (χ4v) is 2.40. The second-order valence-corrected chi connectivity index (χ2v) is 6.21. The first-order chi connectivity index (χ1) is 10.3. The Bertz CT molecular complexity index is 818. The Kier molecular flexibility index (Phi) is 4.43. The monoisotopic (exact) mass is 322 g/mol. The number of nitrogens with two attached hydrogens (primary N) is 1. The molecule has 0 aliphatic rings. The Hall–Kier alpha value is -2.45. The Labute approximate surface area is 127 Å². The van der Waals surface area contributed by atoms with Crippen LogP contribution in [0.3, 0.4) is 0 Å². The second-order valence-electron chi connectivity index (χ2n) is 4.65. The molecule has 0 heterocycles. The third-order valence-corrected chi connectivity index (χ3v) is 4.01. The fraction of sp³-hybridized carbons (Fsp3) is 0.143. The molecule has 0 atom stereocenters. The zero-order valence-corrected chi connectivity index (χ0v) is 12.5. The van der Waals surface area contributed by atoms with Crippen molar-refractivity contribution < 1.29 is 18.1 Å². The van der Waals surface area contributed by atoms with Crippen LogP contribution in [0.15, 0.2) is 47.4 Å². The van der Waals surface area contributed by atoms with E-state index in [1.54, 1.807) is 0 Å². The summed E-state index contributed by atoms with van der Waals surface area (Å²) in [5, 5.41) is 16.0. The van der Waals surface area contributed by atoms with Gasteiger partial charge in [0.15, 0.2) is 5.75 Å². The Balaban J connectivity index is 2.31. The van der Waals surface area contributed by atoms with Gasteiger partial charge in [-0.1, -0.05) is 24.3 Å². The van der Waals surface area contributed by atoms with E-state index in [-0.39, 0.29) is 17.3 Å². The fourth-order valence-electron chi connectivity index (χ4n) is 1.87. The van der Waals surface area contributed by atoms with Crippen LogP contribution in [-0.4, -0.2) is 13.3 Å². The summed E-state index contributed by atoms with van der Waals surface area (Å²) in [6, 6.07) is 10.8. The molecule has 2 N–H and O–H groups in total. The molecule has 0 unspecified atom stereocenters. The number of primary sulfonamides is 1. The first kappa shape index (κ1) is 15.9. The number of aryl methyl sites for hydroxylation is 1. The van der Waals surface area contributed by atoms with Crippen LogP contribution in [0.1, 0.15) is 11.1 Å². The van der Waals surface area contributed by atoms with Crippen molar-refractivity contribution in [2.45, 2.75) is 18.4 Å². The summed E-state index contributed by atoms with van der Waals surface area (Å²) < 4.78 is 28.0. The molecule has 0 spiro atoms. The predicted octanol–water partition coefficient (Wildman–Crippen LogP) is 2.13. The van der Waals surface area contributed by atoms with Gasteiger partial charge in [-0.15, -0.1) is 0 Å². The molecule has 2 aromatic rings. The van der Waals surface area contributed by atoms with Crippen molar-refractivity contribution in [2.24, 2.45) is 5.14 Å². The molecule has 116 valence electrons. The van der Waals surface area contributed by atoms with Crippen LogP contribution in [0, 0.1) is 17.0 Å². The molecule has 0 saturated heterocycles. The molecule has 0 radical (unpaired) electrons. The third-order valence-electron chi connectivity index (χ3n) is 3.10. The van der Waals surface area contributed by atoms with Gasteiger partial charge in [-0.25, -0.2) is 13.6 Å². The molecule has 0 bridgehead atoms. The average molecular weight is 322 g/mol. The number of benzene rings is 2. The number of hydrogen-bond acceptors (Lipinski definition) is 5. The van der Waals surface area contributed by atoms with Crippen molar-refractivity contribution in [3.63, 3.8) is 0 Å². The molecule has 22 heavy (non-hydrogen) atoms. The van der Waals surface area contributed by atoms with E-state index in [9.17, 15) is 18.5 Å². The summed E-state index contributed by atoms with van der Waals surface area (Å²) in [5.41, 5.74) is 1.43. The molecule has 8 heteroatoms. The van der Waals surface area contributed by atoms with Gasteiger partial charge in [0.2, 0.25) is 10.0 Å². The topological polar surface area (TPSA) is 113 Å². The lowest BCUT2D eigenvalue weighted by Gasteiger charge is -2.09. The van der Waals surface area contributed by atoms with Crippen molar-refractivity contribution in [3.8, 4) is 5.75 Å². The maximum Gasteiger partial charge on any atom is 0.312 e. The van der Waals surface area contributed by atoms with E-state index >= 15 is 0 Å². The van der Waals surface area contributed by atoms with Gasteiger partial charge >= 0.3 is 5.69 Å². The van der Waals surface area contributed by atoms with Crippen LogP contribution in [0.2, 0.25) is 0 Å². The van der Waals surface area contributed by atoms with Gasteiger partial charge in [-0.2, -0.15) is 0 Å². The minimum absolute atomic E-state index is 0.0133. The minimum Gasteiger partial charge on any atom is -0.482 e. The first-order valence-electron chi connectivity index (χ1n) is 6.27. The highest BCUT2D eigenvalue weighted by molar-refractivity contribution is 7.89. The summed E-state index contributed by atoms with van der Waals surface area (Å²) in [7, 11) is -4.01. The Morgan fingerprint density at radius 1 is 1.23 bits per heavy atom. The van der Waals surface area contributed by atoms with Gasteiger partial charge in [0.05, 0.1) is 9.82 Å². The lowest BCUT2D eigenvalue weighted by molar-refractivity contribution is -0.386. The molecular formula is C14H14N2O5S. The Morgan fingerprint density at radius 2 is 1.91 bits per heavy atom. The molecule has 0 amide bonds. The van der Waals surface area contributed by atoms with Crippen LogP contribution in [-0.2, 0) is 16.6 Å². The van der Waals surface area contributed by atoms with Crippen LogP contribution < -0.4 is 9.88 Å². The smallest absolute Gasteiger partial charge is 0.312 e. The van der Waals surface area contributed by atoms with E-state index in [0.29, 0.717) is 0 Å². The molecular weight excluding hydrogens is 308 g/mol. The molecule has 0 fully saturated rings. The maximum atomic E-state index is 11.3. The molecule has 0 aliphatic carbocycles. The molecule has 2 rings (SSSR count). The van der Waals surface area contributed by atoms with Crippen LogP contribution in [0.4, 0.5) is 5.69 Å². The summed E-state index contributed by atoms with van der Waals surface area (Å²) in [6.07, 6.45) is 0. The summed E-state index contributed by atoms with van der Waals surface area (Å²) >= 11 is 0. The van der Waals surface area contributed by atoms with E-state index in [4.69, 9.17) is 9.88 Å². The number of nitro benzene ring substituents is 1. The van der Waals surface area contributed by atoms with Crippen LogP contribution in [0.25, 0.3) is 0 Å². The lowest BCUT2D eigenvalue weighted by atomic mass is 10.1. The molecule has 7 nitrogen and oxygen atoms in total. The minimum atomic E-state index is -4.01. The molecule has 0 saturated carbocycles. The van der Waals surface area contributed by atoms with Crippen molar-refractivity contribution in [3.05, 3.63) is 63.7 Å². The number of rotatable bonds is 5. The van der Waals surface area contributed by atoms with Crippen molar-refractivity contribution in [1.82, 2.24) is 0 Å². The van der Waals surface area contributed by atoms with Crippen molar-refractivity contribution in [2.75, 3.05) is 0 Å².